The lowest BCUT2D eigenvalue weighted by Crippen LogP contribution is -2.43. The molecule has 1 unspecified atom stereocenters. The molecule has 1 aromatic rings. The van der Waals surface area contributed by atoms with E-state index in [2.05, 4.69) is 0 Å². The summed E-state index contributed by atoms with van der Waals surface area (Å²) in [7, 11) is 0. The van der Waals surface area contributed by atoms with Crippen molar-refractivity contribution in [1.82, 2.24) is 4.90 Å². The summed E-state index contributed by atoms with van der Waals surface area (Å²) in [6.45, 7) is 3.94. The number of amides is 1. The molecule has 0 saturated carbocycles. The van der Waals surface area contributed by atoms with Crippen LogP contribution in [0.1, 0.15) is 24.8 Å². The Morgan fingerprint density at radius 2 is 2.17 bits per heavy atom. The Bertz CT molecular complexity index is 403. The zero-order chi connectivity index (χ0) is 13.7. The lowest BCUT2D eigenvalue weighted by Gasteiger charge is -2.25. The maximum atomic E-state index is 12.2. The largest absolute Gasteiger partial charge is 0.480 e. The van der Waals surface area contributed by atoms with Crippen LogP contribution >= 0.6 is 11.3 Å². The molecular weight excluding hydrogens is 252 g/mol. The van der Waals surface area contributed by atoms with Gasteiger partial charge in [0.05, 0.1) is 0 Å². The Balaban J connectivity index is 2.77. The number of nitrogens with two attached hydrogens (primary N) is 1. The number of aliphatic carboxylic acids is 1. The highest BCUT2D eigenvalue weighted by Gasteiger charge is 2.25. The van der Waals surface area contributed by atoms with Crippen LogP contribution in [-0.4, -0.2) is 35.0 Å². The quantitative estimate of drug-likeness (QED) is 0.816. The molecule has 0 aliphatic carbocycles. The van der Waals surface area contributed by atoms with Gasteiger partial charge in [-0.3, -0.25) is 9.59 Å². The molecule has 6 heteroatoms. The Kier molecular flexibility index (Phi) is 5.30. The molecule has 100 valence electrons. The summed E-state index contributed by atoms with van der Waals surface area (Å²) in [5, 5.41) is 10.7. The molecule has 0 bridgehead atoms. The van der Waals surface area contributed by atoms with Crippen LogP contribution in [0.15, 0.2) is 17.5 Å². The van der Waals surface area contributed by atoms with Gasteiger partial charge in [-0.2, -0.15) is 0 Å². The third-order valence-corrected chi connectivity index (χ3v) is 3.29. The monoisotopic (exact) mass is 270 g/mol. The highest BCUT2D eigenvalue weighted by Crippen LogP contribution is 2.19. The second-order valence-corrected chi connectivity index (χ2v) is 5.48. The van der Waals surface area contributed by atoms with Crippen LogP contribution in [0.2, 0.25) is 0 Å². The summed E-state index contributed by atoms with van der Waals surface area (Å²) in [6, 6.07) is 2.82. The van der Waals surface area contributed by atoms with Gasteiger partial charge in [0.1, 0.15) is 12.6 Å². The fourth-order valence-corrected chi connectivity index (χ4v) is 2.34. The molecule has 5 nitrogen and oxygen atoms in total. The third kappa shape index (κ3) is 4.12. The predicted molar refractivity (Wildman–Crippen MR) is 70.3 cm³/mol. The number of hydrogen-bond acceptors (Lipinski definition) is 4. The fourth-order valence-electron chi connectivity index (χ4n) is 1.62. The first kappa shape index (κ1) is 14.7. The zero-order valence-corrected chi connectivity index (χ0v) is 11.3. The number of nitrogens with zero attached hydrogens (tertiary/aromatic N) is 1. The van der Waals surface area contributed by atoms with Crippen molar-refractivity contribution in [2.24, 2.45) is 11.7 Å². The summed E-state index contributed by atoms with van der Waals surface area (Å²) in [5.74, 6) is -1.17. The number of rotatable bonds is 6. The van der Waals surface area contributed by atoms with Gasteiger partial charge in [0.2, 0.25) is 5.91 Å². The fraction of sp³-hybridized carbons (Fsp3) is 0.500. The van der Waals surface area contributed by atoms with E-state index in [1.807, 2.05) is 25.3 Å². The summed E-state index contributed by atoms with van der Waals surface area (Å²) < 4.78 is 0. The molecule has 0 saturated heterocycles. The lowest BCUT2D eigenvalue weighted by atomic mass is 10.1. The van der Waals surface area contributed by atoms with Gasteiger partial charge >= 0.3 is 5.97 Å². The molecule has 1 atom stereocenters. The number of hydrogen-bond donors (Lipinski definition) is 2. The van der Waals surface area contributed by atoms with Gasteiger partial charge in [-0.1, -0.05) is 19.9 Å². The Labute approximate surface area is 110 Å². The Morgan fingerprint density at radius 3 is 2.61 bits per heavy atom. The van der Waals surface area contributed by atoms with Gasteiger partial charge < -0.3 is 15.7 Å². The van der Waals surface area contributed by atoms with Crippen molar-refractivity contribution >= 4 is 23.2 Å². The van der Waals surface area contributed by atoms with Gasteiger partial charge in [-0.25, -0.2) is 0 Å². The molecule has 1 heterocycles. The predicted octanol–water partition coefficient (Wildman–Crippen LogP) is 1.32. The van der Waals surface area contributed by atoms with Crippen LogP contribution in [0.4, 0.5) is 0 Å². The third-order valence-electron chi connectivity index (χ3n) is 2.34. The van der Waals surface area contributed by atoms with Gasteiger partial charge in [0, 0.05) is 11.4 Å². The van der Waals surface area contributed by atoms with Crippen molar-refractivity contribution in [3.63, 3.8) is 0 Å². The number of carboxylic acid groups (broad SMARTS) is 1. The maximum absolute atomic E-state index is 12.2. The van der Waals surface area contributed by atoms with Crippen LogP contribution in [0, 0.1) is 5.92 Å². The average molecular weight is 270 g/mol. The second-order valence-electron chi connectivity index (χ2n) is 4.50. The number of thiophene rings is 1. The highest BCUT2D eigenvalue weighted by atomic mass is 32.1. The summed E-state index contributed by atoms with van der Waals surface area (Å²) in [5.41, 5.74) is 5.86. The minimum Gasteiger partial charge on any atom is -0.480 e. The number of carbonyl (C=O) groups is 2. The second kappa shape index (κ2) is 6.51. The number of carboxylic acids is 1. The molecule has 1 amide bonds. The molecule has 1 rings (SSSR count). The number of carbonyl (C=O) groups excluding carboxylic acids is 1. The van der Waals surface area contributed by atoms with E-state index in [9.17, 15) is 9.59 Å². The van der Waals surface area contributed by atoms with E-state index < -0.39 is 12.0 Å². The lowest BCUT2D eigenvalue weighted by molar-refractivity contribution is -0.145. The molecule has 0 radical (unpaired) electrons. The maximum Gasteiger partial charge on any atom is 0.323 e. The first-order valence-corrected chi connectivity index (χ1v) is 6.59. The first-order chi connectivity index (χ1) is 8.41. The Hall–Kier alpha value is -1.40. The van der Waals surface area contributed by atoms with E-state index in [0.717, 1.165) is 4.88 Å². The van der Waals surface area contributed by atoms with Gasteiger partial charge in [0.25, 0.3) is 0 Å². The van der Waals surface area contributed by atoms with Crippen LogP contribution < -0.4 is 5.73 Å². The SMILES string of the molecule is CC(C)CN(CC(=O)O)C(=O)C(N)c1cccs1. The van der Waals surface area contributed by atoms with Crippen LogP contribution in [-0.2, 0) is 9.59 Å². The van der Waals surface area contributed by atoms with E-state index >= 15 is 0 Å². The van der Waals surface area contributed by atoms with Crippen molar-refractivity contribution in [3.05, 3.63) is 22.4 Å². The van der Waals surface area contributed by atoms with E-state index in [-0.39, 0.29) is 18.4 Å². The smallest absolute Gasteiger partial charge is 0.323 e. The van der Waals surface area contributed by atoms with Gasteiger partial charge in [-0.05, 0) is 17.4 Å². The molecule has 0 fully saturated rings. The van der Waals surface area contributed by atoms with Crippen molar-refractivity contribution in [2.75, 3.05) is 13.1 Å². The minimum atomic E-state index is -1.03. The molecule has 3 N–H and O–H groups in total. The first-order valence-electron chi connectivity index (χ1n) is 5.71. The summed E-state index contributed by atoms with van der Waals surface area (Å²) in [6.07, 6.45) is 0. The van der Waals surface area contributed by atoms with Gasteiger partial charge in [0.15, 0.2) is 0 Å². The molecule has 0 aliphatic heterocycles. The zero-order valence-electron chi connectivity index (χ0n) is 10.5. The van der Waals surface area contributed by atoms with Crippen molar-refractivity contribution in [3.8, 4) is 0 Å². The van der Waals surface area contributed by atoms with Gasteiger partial charge in [-0.15, -0.1) is 11.3 Å². The van der Waals surface area contributed by atoms with E-state index in [0.29, 0.717) is 6.54 Å². The van der Waals surface area contributed by atoms with E-state index in [1.54, 1.807) is 6.07 Å². The van der Waals surface area contributed by atoms with E-state index in [4.69, 9.17) is 10.8 Å². The van der Waals surface area contributed by atoms with Crippen molar-refractivity contribution in [2.45, 2.75) is 19.9 Å². The van der Waals surface area contributed by atoms with Crippen LogP contribution in [0.25, 0.3) is 0 Å². The molecule has 18 heavy (non-hydrogen) atoms. The highest BCUT2D eigenvalue weighted by molar-refractivity contribution is 7.10. The normalized spacial score (nSPS) is 12.4. The summed E-state index contributed by atoms with van der Waals surface area (Å²) >= 11 is 1.39. The van der Waals surface area contributed by atoms with E-state index in [1.165, 1.54) is 16.2 Å². The Morgan fingerprint density at radius 1 is 1.50 bits per heavy atom. The molecule has 0 aromatic carbocycles. The molecule has 1 aromatic heterocycles. The topological polar surface area (TPSA) is 83.6 Å². The van der Waals surface area contributed by atoms with Crippen molar-refractivity contribution in [1.29, 1.82) is 0 Å². The average Bonchev–Trinajstić information content (AvgIpc) is 2.78. The van der Waals surface area contributed by atoms with Crippen LogP contribution in [0.3, 0.4) is 0 Å². The molecule has 0 spiro atoms. The van der Waals surface area contributed by atoms with Crippen molar-refractivity contribution < 1.29 is 14.7 Å². The molecule has 0 aliphatic rings. The standard InChI is InChI=1S/C12H18N2O3S/c1-8(2)6-14(7-10(15)16)12(17)11(13)9-4-3-5-18-9/h3-5,8,11H,6-7,13H2,1-2H3,(H,15,16). The minimum absolute atomic E-state index is 0.198. The summed E-state index contributed by atoms with van der Waals surface area (Å²) in [4.78, 5) is 25.0. The molecular formula is C12H18N2O3S. The van der Waals surface area contributed by atoms with Crippen LogP contribution in [0.5, 0.6) is 0 Å².